The van der Waals surface area contributed by atoms with Crippen LogP contribution >= 0.6 is 0 Å². The first-order chi connectivity index (χ1) is 4.69. The second-order valence-corrected chi connectivity index (χ2v) is 5.12. The molecule has 0 radical (unpaired) electrons. The fourth-order valence-electron chi connectivity index (χ4n) is 1.88. The van der Waals surface area contributed by atoms with E-state index in [1.54, 1.807) is 0 Å². The van der Waals surface area contributed by atoms with E-state index in [4.69, 9.17) is 0 Å². The van der Waals surface area contributed by atoms with Crippen molar-refractivity contribution in [2.24, 2.45) is 10.8 Å². The average molecular weight is 156 g/mol. The van der Waals surface area contributed by atoms with Crippen molar-refractivity contribution in [3.8, 4) is 0 Å². The Kier molecular flexibility index (Phi) is 2.87. The predicted octanol–water partition coefficient (Wildman–Crippen LogP) is 1.23. The van der Waals surface area contributed by atoms with Gasteiger partial charge in [0.1, 0.15) is 7.05 Å². The molecule has 11 heavy (non-hydrogen) atoms. The van der Waals surface area contributed by atoms with E-state index in [0.717, 1.165) is 0 Å². The zero-order chi connectivity index (χ0) is 9.28. The summed E-state index contributed by atoms with van der Waals surface area (Å²) in [5.41, 5.74) is 1.92. The molecule has 0 aliphatic heterocycles. The van der Waals surface area contributed by atoms with Gasteiger partial charge in [-0.1, -0.05) is 41.5 Å². The van der Waals surface area contributed by atoms with Crippen molar-refractivity contribution in [1.29, 1.82) is 0 Å². The molecule has 0 fully saturated rings. The Labute approximate surface area is 70.9 Å². The molecule has 0 saturated heterocycles. The van der Waals surface area contributed by atoms with Crippen LogP contribution in [0.5, 0.6) is 0 Å². The fraction of sp³-hybridized carbons (Fsp3) is 0.900. The number of nitrogens with one attached hydrogen (secondary N) is 1. The average Bonchev–Trinajstić information content (AvgIpc) is 1.56. The monoisotopic (exact) mass is 156 g/mol. The maximum absolute atomic E-state index is 3.30. The van der Waals surface area contributed by atoms with E-state index in [1.165, 1.54) is 5.71 Å². The zero-order valence-electron chi connectivity index (χ0n) is 9.00. The molecule has 0 amide bonds. The van der Waals surface area contributed by atoms with Crippen molar-refractivity contribution in [2.75, 3.05) is 7.05 Å². The molecule has 0 heterocycles. The van der Waals surface area contributed by atoms with Crippen LogP contribution < -0.4 is 4.99 Å². The summed E-state index contributed by atoms with van der Waals surface area (Å²) < 4.78 is 0. The lowest BCUT2D eigenvalue weighted by Crippen LogP contribution is -2.74. The Bertz CT molecular complexity index is 137. The van der Waals surface area contributed by atoms with Gasteiger partial charge in [-0.15, -0.1) is 0 Å². The summed E-state index contributed by atoms with van der Waals surface area (Å²) >= 11 is 0. The van der Waals surface area contributed by atoms with Crippen molar-refractivity contribution in [3.63, 3.8) is 0 Å². The summed E-state index contributed by atoms with van der Waals surface area (Å²) in [7, 11) is 2.01. The van der Waals surface area contributed by atoms with Gasteiger partial charge in [-0.3, -0.25) is 4.99 Å². The largest absolute Gasteiger partial charge is 0.251 e. The van der Waals surface area contributed by atoms with Crippen molar-refractivity contribution in [2.45, 2.75) is 41.5 Å². The third-order valence-electron chi connectivity index (χ3n) is 1.75. The summed E-state index contributed by atoms with van der Waals surface area (Å²) in [6.45, 7) is 13.4. The second kappa shape index (κ2) is 2.96. The smallest absolute Gasteiger partial charge is 0.161 e. The molecule has 0 aromatic carbocycles. The molecule has 0 spiro atoms. The van der Waals surface area contributed by atoms with Crippen LogP contribution in [-0.4, -0.2) is 12.8 Å². The number of hydrogen-bond acceptors (Lipinski definition) is 0. The highest BCUT2D eigenvalue weighted by Gasteiger charge is 2.34. The Balaban J connectivity index is 4.74. The highest BCUT2D eigenvalue weighted by molar-refractivity contribution is 5.88. The fourth-order valence-corrected chi connectivity index (χ4v) is 1.88. The SMILES string of the molecule is C[NH+]=C(C(C)(C)C)C(C)(C)C. The Morgan fingerprint density at radius 3 is 1.09 bits per heavy atom. The van der Waals surface area contributed by atoms with Gasteiger partial charge in [-0.2, -0.15) is 0 Å². The maximum Gasteiger partial charge on any atom is 0.161 e. The van der Waals surface area contributed by atoms with Crippen LogP contribution in [0.25, 0.3) is 0 Å². The Hall–Kier alpha value is -0.330. The van der Waals surface area contributed by atoms with Gasteiger partial charge in [0.25, 0.3) is 0 Å². The lowest BCUT2D eigenvalue weighted by atomic mass is 9.75. The highest BCUT2D eigenvalue weighted by Crippen LogP contribution is 2.26. The lowest BCUT2D eigenvalue weighted by molar-refractivity contribution is -0.429. The first-order valence-electron chi connectivity index (χ1n) is 4.25. The topological polar surface area (TPSA) is 14.0 Å². The molecule has 0 aromatic heterocycles. The van der Waals surface area contributed by atoms with Crippen molar-refractivity contribution in [3.05, 3.63) is 0 Å². The minimum Gasteiger partial charge on any atom is -0.251 e. The molecular formula is C10H22N+. The molecule has 0 saturated carbocycles. The van der Waals surface area contributed by atoms with E-state index in [-0.39, 0.29) is 10.8 Å². The number of hydrogen-bond donors (Lipinski definition) is 1. The van der Waals surface area contributed by atoms with Gasteiger partial charge < -0.3 is 0 Å². The molecule has 0 aliphatic carbocycles. The number of rotatable bonds is 0. The summed E-state index contributed by atoms with van der Waals surface area (Å²) in [4.78, 5) is 3.30. The summed E-state index contributed by atoms with van der Waals surface area (Å²) in [5.74, 6) is 0. The standard InChI is InChI=1S/C10H21N/c1-9(2,3)8(11-7)10(4,5)6/h1-7H3/p+1. The summed E-state index contributed by atoms with van der Waals surface area (Å²) in [6, 6.07) is 0. The highest BCUT2D eigenvalue weighted by atomic mass is 14.7. The van der Waals surface area contributed by atoms with Crippen LogP contribution in [0.15, 0.2) is 0 Å². The van der Waals surface area contributed by atoms with Gasteiger partial charge >= 0.3 is 0 Å². The van der Waals surface area contributed by atoms with Crippen LogP contribution in [0.4, 0.5) is 0 Å². The van der Waals surface area contributed by atoms with Gasteiger partial charge in [0, 0.05) is 10.8 Å². The molecule has 0 aliphatic rings. The van der Waals surface area contributed by atoms with Crippen molar-refractivity contribution < 1.29 is 4.99 Å². The van der Waals surface area contributed by atoms with Gasteiger partial charge in [0.15, 0.2) is 5.71 Å². The minimum absolute atomic E-state index is 0.257. The molecule has 0 bridgehead atoms. The van der Waals surface area contributed by atoms with Crippen molar-refractivity contribution >= 4 is 5.71 Å². The van der Waals surface area contributed by atoms with Gasteiger partial charge in [0.05, 0.1) is 0 Å². The molecule has 0 atom stereocenters. The minimum atomic E-state index is 0.257. The van der Waals surface area contributed by atoms with Crippen molar-refractivity contribution in [1.82, 2.24) is 0 Å². The molecule has 1 nitrogen and oxygen atoms in total. The Morgan fingerprint density at radius 1 is 0.818 bits per heavy atom. The molecular weight excluding hydrogens is 134 g/mol. The molecule has 1 heteroatoms. The molecule has 66 valence electrons. The summed E-state index contributed by atoms with van der Waals surface area (Å²) in [6.07, 6.45) is 0. The van der Waals surface area contributed by atoms with Crippen LogP contribution in [0, 0.1) is 10.8 Å². The molecule has 1 N–H and O–H groups in total. The summed E-state index contributed by atoms with van der Waals surface area (Å²) in [5, 5.41) is 0. The van der Waals surface area contributed by atoms with E-state index >= 15 is 0 Å². The zero-order valence-corrected chi connectivity index (χ0v) is 9.00. The van der Waals surface area contributed by atoms with Crippen LogP contribution in [0.1, 0.15) is 41.5 Å². The van der Waals surface area contributed by atoms with Crippen LogP contribution in [0.3, 0.4) is 0 Å². The first kappa shape index (κ1) is 10.7. The van der Waals surface area contributed by atoms with Gasteiger partial charge in [-0.25, -0.2) is 0 Å². The lowest BCUT2D eigenvalue weighted by Gasteiger charge is -2.26. The van der Waals surface area contributed by atoms with Gasteiger partial charge in [0.2, 0.25) is 0 Å². The maximum atomic E-state index is 3.30. The van der Waals surface area contributed by atoms with Crippen LogP contribution in [-0.2, 0) is 0 Å². The van der Waals surface area contributed by atoms with Crippen LogP contribution in [0.2, 0.25) is 0 Å². The quantitative estimate of drug-likeness (QED) is 0.507. The first-order valence-corrected chi connectivity index (χ1v) is 4.25. The second-order valence-electron chi connectivity index (χ2n) is 5.12. The van der Waals surface area contributed by atoms with E-state index in [0.29, 0.717) is 0 Å². The normalized spacial score (nSPS) is 13.0. The van der Waals surface area contributed by atoms with E-state index in [2.05, 4.69) is 46.5 Å². The molecule has 0 unspecified atom stereocenters. The third kappa shape index (κ3) is 3.04. The predicted molar refractivity (Wildman–Crippen MR) is 50.8 cm³/mol. The Morgan fingerprint density at radius 2 is 1.09 bits per heavy atom. The van der Waals surface area contributed by atoms with E-state index < -0.39 is 0 Å². The van der Waals surface area contributed by atoms with Gasteiger partial charge in [-0.05, 0) is 0 Å². The van der Waals surface area contributed by atoms with E-state index in [9.17, 15) is 0 Å². The third-order valence-corrected chi connectivity index (χ3v) is 1.75. The molecule has 0 aromatic rings. The van der Waals surface area contributed by atoms with E-state index in [1.807, 2.05) is 7.05 Å². The molecule has 0 rings (SSSR count).